The molecule has 7 heteroatoms. The first-order valence-electron chi connectivity index (χ1n) is 9.20. The van der Waals surface area contributed by atoms with Crippen LogP contribution in [0.2, 0.25) is 0 Å². The molecule has 28 heavy (non-hydrogen) atoms. The maximum absolute atomic E-state index is 12.7. The normalized spacial score (nSPS) is 14.9. The highest BCUT2D eigenvalue weighted by atomic mass is 16.6. The van der Waals surface area contributed by atoms with Crippen molar-refractivity contribution < 1.29 is 9.72 Å². The molecule has 1 aliphatic rings. The number of carbonyl (C=O) groups excluding carboxylic acids is 1. The van der Waals surface area contributed by atoms with Crippen LogP contribution in [-0.4, -0.2) is 51.8 Å². The molecule has 7 nitrogen and oxygen atoms in total. The Bertz CT molecular complexity index is 1020. The number of hydrogen-bond acceptors (Lipinski definition) is 5. The zero-order valence-corrected chi connectivity index (χ0v) is 15.3. The number of para-hydroxylation sites is 1. The summed E-state index contributed by atoms with van der Waals surface area (Å²) in [5.74, 6) is -0.157. The van der Waals surface area contributed by atoms with Gasteiger partial charge in [-0.2, -0.15) is 0 Å². The Morgan fingerprint density at radius 2 is 1.79 bits per heavy atom. The molecular formula is C21H20N4O3. The van der Waals surface area contributed by atoms with Crippen LogP contribution in [0.25, 0.3) is 10.9 Å². The Kier molecular flexibility index (Phi) is 4.99. The van der Waals surface area contributed by atoms with Gasteiger partial charge in [0.1, 0.15) is 0 Å². The molecule has 0 bridgehead atoms. The predicted octanol–water partition coefficient (Wildman–Crippen LogP) is 3.10. The van der Waals surface area contributed by atoms with Crippen molar-refractivity contribution in [2.45, 2.75) is 6.54 Å². The molecule has 1 amide bonds. The number of piperazine rings is 1. The molecule has 3 aromatic rings. The van der Waals surface area contributed by atoms with Crippen LogP contribution in [0.1, 0.15) is 15.9 Å². The van der Waals surface area contributed by atoms with Gasteiger partial charge in [-0.05, 0) is 17.7 Å². The van der Waals surface area contributed by atoms with Crippen LogP contribution < -0.4 is 0 Å². The predicted molar refractivity (Wildman–Crippen MR) is 106 cm³/mol. The summed E-state index contributed by atoms with van der Waals surface area (Å²) in [7, 11) is 0. The minimum absolute atomic E-state index is 0.0621. The lowest BCUT2D eigenvalue weighted by atomic mass is 10.1. The summed E-state index contributed by atoms with van der Waals surface area (Å²) < 4.78 is 0. The van der Waals surface area contributed by atoms with Crippen LogP contribution in [0.4, 0.5) is 5.69 Å². The summed E-state index contributed by atoms with van der Waals surface area (Å²) in [5, 5.41) is 12.1. The maximum Gasteiger partial charge on any atom is 0.270 e. The largest absolute Gasteiger partial charge is 0.336 e. The van der Waals surface area contributed by atoms with Gasteiger partial charge in [0.05, 0.1) is 10.4 Å². The van der Waals surface area contributed by atoms with Crippen LogP contribution in [-0.2, 0) is 6.54 Å². The molecule has 1 saturated heterocycles. The minimum atomic E-state index is -0.479. The fourth-order valence-electron chi connectivity index (χ4n) is 3.58. The lowest BCUT2D eigenvalue weighted by molar-refractivity contribution is -0.384. The number of nitrogens with zero attached hydrogens (tertiary/aromatic N) is 4. The summed E-state index contributed by atoms with van der Waals surface area (Å²) in [6.07, 6.45) is 1.81. The first kappa shape index (κ1) is 18.1. The van der Waals surface area contributed by atoms with Gasteiger partial charge in [0.15, 0.2) is 0 Å². The first-order chi connectivity index (χ1) is 13.6. The topological polar surface area (TPSA) is 79.6 Å². The van der Waals surface area contributed by atoms with Gasteiger partial charge in [-0.15, -0.1) is 0 Å². The third kappa shape index (κ3) is 3.70. The van der Waals surface area contributed by atoms with Crippen molar-refractivity contribution in [1.29, 1.82) is 0 Å². The number of aromatic nitrogens is 1. The van der Waals surface area contributed by atoms with Crippen molar-refractivity contribution in [3.63, 3.8) is 0 Å². The Labute approximate surface area is 162 Å². The monoisotopic (exact) mass is 376 g/mol. The summed E-state index contributed by atoms with van der Waals surface area (Å²) in [5.41, 5.74) is 2.49. The van der Waals surface area contributed by atoms with Crippen LogP contribution in [0, 0.1) is 10.1 Å². The molecule has 1 aliphatic heterocycles. The van der Waals surface area contributed by atoms with E-state index in [0.717, 1.165) is 30.5 Å². The van der Waals surface area contributed by atoms with Crippen molar-refractivity contribution in [1.82, 2.24) is 14.8 Å². The van der Waals surface area contributed by atoms with Crippen molar-refractivity contribution in [3.8, 4) is 0 Å². The van der Waals surface area contributed by atoms with Gasteiger partial charge in [-0.25, -0.2) is 0 Å². The van der Waals surface area contributed by atoms with Crippen LogP contribution >= 0.6 is 0 Å². The molecule has 0 saturated carbocycles. The number of rotatable bonds is 4. The fraction of sp³-hybridized carbons (Fsp3) is 0.238. The molecule has 0 radical (unpaired) electrons. The van der Waals surface area contributed by atoms with Gasteiger partial charge in [-0.3, -0.25) is 24.8 Å². The molecule has 2 heterocycles. The molecule has 0 aliphatic carbocycles. The molecule has 0 spiro atoms. The van der Waals surface area contributed by atoms with E-state index in [4.69, 9.17) is 0 Å². The molecule has 4 rings (SSSR count). The molecule has 1 fully saturated rings. The van der Waals surface area contributed by atoms with Gasteiger partial charge in [0.25, 0.3) is 11.6 Å². The van der Waals surface area contributed by atoms with Gasteiger partial charge in [0, 0.05) is 62.0 Å². The lowest BCUT2D eigenvalue weighted by Crippen LogP contribution is -2.48. The second kappa shape index (κ2) is 7.74. The molecule has 2 aromatic carbocycles. The zero-order chi connectivity index (χ0) is 19.5. The number of hydrogen-bond donors (Lipinski definition) is 0. The fourth-order valence-corrected chi connectivity index (χ4v) is 3.58. The lowest BCUT2D eigenvalue weighted by Gasteiger charge is -2.34. The van der Waals surface area contributed by atoms with E-state index in [1.54, 1.807) is 17.0 Å². The van der Waals surface area contributed by atoms with Gasteiger partial charge >= 0.3 is 0 Å². The number of nitro groups is 1. The molecule has 0 atom stereocenters. The Morgan fingerprint density at radius 3 is 2.57 bits per heavy atom. The summed E-state index contributed by atoms with van der Waals surface area (Å²) in [4.78, 5) is 31.7. The minimum Gasteiger partial charge on any atom is -0.336 e. The average molecular weight is 376 g/mol. The van der Waals surface area contributed by atoms with Crippen molar-refractivity contribution >= 4 is 22.5 Å². The number of pyridine rings is 1. The zero-order valence-electron chi connectivity index (χ0n) is 15.3. The third-order valence-electron chi connectivity index (χ3n) is 5.07. The van der Waals surface area contributed by atoms with Crippen molar-refractivity contribution in [2.24, 2.45) is 0 Å². The molecule has 0 unspecified atom stereocenters. The number of carbonyl (C=O) groups is 1. The van der Waals surface area contributed by atoms with Gasteiger partial charge in [-0.1, -0.05) is 30.3 Å². The van der Waals surface area contributed by atoms with Crippen LogP contribution in [0.3, 0.4) is 0 Å². The highest BCUT2D eigenvalue weighted by Crippen LogP contribution is 2.20. The van der Waals surface area contributed by atoms with E-state index in [-0.39, 0.29) is 11.6 Å². The quantitative estimate of drug-likeness (QED) is 0.516. The van der Waals surface area contributed by atoms with E-state index in [9.17, 15) is 14.9 Å². The first-order valence-corrected chi connectivity index (χ1v) is 9.20. The SMILES string of the molecule is O=C(c1cccc([N+](=O)[O-])c1)N1CCN(Cc2cccc3cccnc23)CC1. The summed E-state index contributed by atoms with van der Waals surface area (Å²) in [6, 6.07) is 16.1. The molecule has 1 aromatic heterocycles. The Morgan fingerprint density at radius 1 is 1.04 bits per heavy atom. The smallest absolute Gasteiger partial charge is 0.270 e. The maximum atomic E-state index is 12.7. The highest BCUT2D eigenvalue weighted by Gasteiger charge is 2.23. The van der Waals surface area contributed by atoms with Crippen molar-refractivity contribution in [2.75, 3.05) is 26.2 Å². The van der Waals surface area contributed by atoms with E-state index >= 15 is 0 Å². The average Bonchev–Trinajstić information content (AvgIpc) is 2.74. The second-order valence-electron chi connectivity index (χ2n) is 6.87. The van der Waals surface area contributed by atoms with Crippen LogP contribution in [0.5, 0.6) is 0 Å². The van der Waals surface area contributed by atoms with E-state index in [0.29, 0.717) is 18.7 Å². The van der Waals surface area contributed by atoms with E-state index in [1.807, 2.05) is 18.3 Å². The van der Waals surface area contributed by atoms with E-state index in [1.165, 1.54) is 17.7 Å². The number of non-ortho nitro benzene ring substituents is 1. The molecular weight excluding hydrogens is 356 g/mol. The number of nitro benzene ring substituents is 1. The van der Waals surface area contributed by atoms with Gasteiger partial charge < -0.3 is 4.90 Å². The number of benzene rings is 2. The molecule has 142 valence electrons. The second-order valence-corrected chi connectivity index (χ2v) is 6.87. The third-order valence-corrected chi connectivity index (χ3v) is 5.07. The Hall–Kier alpha value is -3.32. The van der Waals surface area contributed by atoms with Crippen molar-refractivity contribution in [3.05, 3.63) is 82.0 Å². The van der Waals surface area contributed by atoms with Crippen LogP contribution in [0.15, 0.2) is 60.8 Å². The highest BCUT2D eigenvalue weighted by molar-refractivity contribution is 5.95. The summed E-state index contributed by atoms with van der Waals surface area (Å²) >= 11 is 0. The number of fused-ring (bicyclic) bond motifs is 1. The Balaban J connectivity index is 1.41. The summed E-state index contributed by atoms with van der Waals surface area (Å²) in [6.45, 7) is 3.49. The van der Waals surface area contributed by atoms with E-state index < -0.39 is 4.92 Å². The van der Waals surface area contributed by atoms with Gasteiger partial charge in [0.2, 0.25) is 0 Å². The molecule has 0 N–H and O–H groups in total. The number of amides is 1. The van der Waals surface area contributed by atoms with E-state index in [2.05, 4.69) is 28.1 Å². The standard InChI is InChI=1S/C21H20N4O3/c26-21(17-5-2-8-19(14-17)25(27)28)24-12-10-23(11-13-24)15-18-6-1-4-16-7-3-9-22-20(16)18/h1-9,14H,10-13,15H2.